The van der Waals surface area contributed by atoms with Gasteiger partial charge in [-0.2, -0.15) is 0 Å². The molecular weight excluding hydrogens is 266 g/mol. The molecule has 0 radical (unpaired) electrons. The fraction of sp³-hybridized carbons (Fsp3) is 0.429. The van der Waals surface area contributed by atoms with Gasteiger partial charge in [0.15, 0.2) is 0 Å². The smallest absolute Gasteiger partial charge is 0.307 e. The Bertz CT molecular complexity index is 489. The first-order valence-electron chi connectivity index (χ1n) is 6.21. The van der Waals surface area contributed by atoms with Gasteiger partial charge in [0.2, 0.25) is 5.91 Å². The van der Waals surface area contributed by atoms with Gasteiger partial charge in [-0.15, -0.1) is 0 Å². The SMILES string of the molecule is COC(=O)C[C@@H]1CCC(=O)N1Cc1ccccc1Cl. The second kappa shape index (κ2) is 6.06. The van der Waals surface area contributed by atoms with Crippen LogP contribution in [0.1, 0.15) is 24.8 Å². The van der Waals surface area contributed by atoms with Gasteiger partial charge in [-0.05, 0) is 18.1 Å². The highest BCUT2D eigenvalue weighted by molar-refractivity contribution is 6.31. The van der Waals surface area contributed by atoms with E-state index in [1.54, 1.807) is 11.0 Å². The number of amides is 1. The third-order valence-corrected chi connectivity index (χ3v) is 3.75. The van der Waals surface area contributed by atoms with E-state index < -0.39 is 0 Å². The molecule has 0 N–H and O–H groups in total. The molecule has 1 fully saturated rings. The van der Waals surface area contributed by atoms with Crippen LogP contribution in [0.4, 0.5) is 0 Å². The van der Waals surface area contributed by atoms with Gasteiger partial charge in [-0.1, -0.05) is 29.8 Å². The summed E-state index contributed by atoms with van der Waals surface area (Å²) in [5.41, 5.74) is 0.897. The molecule has 2 rings (SSSR count). The van der Waals surface area contributed by atoms with Crippen LogP contribution in [0.2, 0.25) is 5.02 Å². The first kappa shape index (κ1) is 13.9. The van der Waals surface area contributed by atoms with Gasteiger partial charge < -0.3 is 9.64 Å². The zero-order valence-electron chi connectivity index (χ0n) is 10.8. The lowest BCUT2D eigenvalue weighted by molar-refractivity contribution is -0.142. The topological polar surface area (TPSA) is 46.6 Å². The van der Waals surface area contributed by atoms with Crippen molar-refractivity contribution in [1.82, 2.24) is 4.90 Å². The van der Waals surface area contributed by atoms with Crippen LogP contribution in [0, 0.1) is 0 Å². The predicted molar refractivity (Wildman–Crippen MR) is 71.7 cm³/mol. The van der Waals surface area contributed by atoms with Gasteiger partial charge in [0.25, 0.3) is 0 Å². The summed E-state index contributed by atoms with van der Waals surface area (Å²) < 4.78 is 4.67. The fourth-order valence-electron chi connectivity index (χ4n) is 2.31. The molecule has 1 saturated heterocycles. The lowest BCUT2D eigenvalue weighted by Gasteiger charge is -2.24. The second-order valence-corrected chi connectivity index (χ2v) is 4.99. The van der Waals surface area contributed by atoms with E-state index in [4.69, 9.17) is 11.6 Å². The van der Waals surface area contributed by atoms with Gasteiger partial charge >= 0.3 is 5.97 Å². The zero-order valence-corrected chi connectivity index (χ0v) is 11.5. The Labute approximate surface area is 117 Å². The van der Waals surface area contributed by atoms with E-state index in [1.165, 1.54) is 7.11 Å². The van der Waals surface area contributed by atoms with E-state index in [9.17, 15) is 9.59 Å². The van der Waals surface area contributed by atoms with Crippen molar-refractivity contribution < 1.29 is 14.3 Å². The molecule has 1 amide bonds. The van der Waals surface area contributed by atoms with Crippen molar-refractivity contribution in [2.24, 2.45) is 0 Å². The van der Waals surface area contributed by atoms with E-state index in [-0.39, 0.29) is 24.3 Å². The van der Waals surface area contributed by atoms with Crippen molar-refractivity contribution in [3.8, 4) is 0 Å². The van der Waals surface area contributed by atoms with E-state index >= 15 is 0 Å². The molecule has 102 valence electrons. The number of methoxy groups -OCH3 is 1. The molecule has 0 saturated carbocycles. The Morgan fingerprint density at radius 3 is 2.89 bits per heavy atom. The molecule has 0 spiro atoms. The van der Waals surface area contributed by atoms with Crippen molar-refractivity contribution in [1.29, 1.82) is 0 Å². The first-order chi connectivity index (χ1) is 9.11. The van der Waals surface area contributed by atoms with Crippen LogP contribution in [-0.4, -0.2) is 29.9 Å². The Morgan fingerprint density at radius 1 is 1.47 bits per heavy atom. The number of esters is 1. The minimum atomic E-state index is -0.288. The van der Waals surface area contributed by atoms with Crippen LogP contribution in [0.25, 0.3) is 0 Å². The third kappa shape index (κ3) is 3.26. The first-order valence-corrected chi connectivity index (χ1v) is 6.59. The molecule has 1 aromatic rings. The minimum absolute atomic E-state index is 0.0637. The van der Waals surface area contributed by atoms with Crippen LogP contribution in [0.5, 0.6) is 0 Å². The van der Waals surface area contributed by atoms with Gasteiger partial charge in [0.05, 0.1) is 13.5 Å². The maximum atomic E-state index is 11.9. The summed E-state index contributed by atoms with van der Waals surface area (Å²) in [6.07, 6.45) is 1.41. The number of carbonyl (C=O) groups is 2. The van der Waals surface area contributed by atoms with Crippen LogP contribution in [0.15, 0.2) is 24.3 Å². The number of likely N-dealkylation sites (tertiary alicyclic amines) is 1. The Hall–Kier alpha value is -1.55. The number of nitrogens with zero attached hydrogens (tertiary/aromatic N) is 1. The molecule has 1 heterocycles. The molecule has 19 heavy (non-hydrogen) atoms. The van der Waals surface area contributed by atoms with Gasteiger partial charge in [0.1, 0.15) is 0 Å². The molecular formula is C14H16ClNO3. The monoisotopic (exact) mass is 281 g/mol. The lowest BCUT2D eigenvalue weighted by Crippen LogP contribution is -2.34. The predicted octanol–water partition coefficient (Wildman–Crippen LogP) is 2.39. The number of halogens is 1. The van der Waals surface area contributed by atoms with E-state index in [0.717, 1.165) is 5.56 Å². The van der Waals surface area contributed by atoms with Crippen LogP contribution in [-0.2, 0) is 20.9 Å². The number of benzene rings is 1. The van der Waals surface area contributed by atoms with Crippen molar-refractivity contribution in [3.05, 3.63) is 34.9 Å². The van der Waals surface area contributed by atoms with Crippen molar-refractivity contribution >= 4 is 23.5 Å². The van der Waals surface area contributed by atoms with Crippen molar-refractivity contribution in [2.45, 2.75) is 31.8 Å². The summed E-state index contributed by atoms with van der Waals surface area (Å²) in [5, 5.41) is 0.638. The van der Waals surface area contributed by atoms with E-state index in [1.807, 2.05) is 18.2 Å². The quantitative estimate of drug-likeness (QED) is 0.796. The van der Waals surface area contributed by atoms with Crippen molar-refractivity contribution in [2.75, 3.05) is 7.11 Å². The maximum absolute atomic E-state index is 11.9. The van der Waals surface area contributed by atoms with E-state index in [0.29, 0.717) is 24.4 Å². The molecule has 0 bridgehead atoms. The molecule has 5 heteroatoms. The van der Waals surface area contributed by atoms with Crippen LogP contribution < -0.4 is 0 Å². The average molecular weight is 282 g/mol. The minimum Gasteiger partial charge on any atom is -0.469 e. The summed E-state index contributed by atoms with van der Waals surface area (Å²) >= 11 is 6.10. The number of hydrogen-bond donors (Lipinski definition) is 0. The second-order valence-electron chi connectivity index (χ2n) is 4.59. The highest BCUT2D eigenvalue weighted by Crippen LogP contribution is 2.26. The van der Waals surface area contributed by atoms with Gasteiger partial charge in [0, 0.05) is 24.0 Å². The maximum Gasteiger partial charge on any atom is 0.307 e. The molecule has 4 nitrogen and oxygen atoms in total. The number of ether oxygens (including phenoxy) is 1. The molecule has 0 aromatic heterocycles. The summed E-state index contributed by atoms with van der Waals surface area (Å²) in [6, 6.07) is 7.34. The molecule has 1 aliphatic heterocycles. The molecule has 0 unspecified atom stereocenters. The highest BCUT2D eigenvalue weighted by Gasteiger charge is 2.32. The normalized spacial score (nSPS) is 18.7. The van der Waals surface area contributed by atoms with Gasteiger partial charge in [-0.3, -0.25) is 9.59 Å². The zero-order chi connectivity index (χ0) is 13.8. The molecule has 0 aliphatic carbocycles. The largest absolute Gasteiger partial charge is 0.469 e. The summed E-state index contributed by atoms with van der Waals surface area (Å²) in [5.74, 6) is -0.224. The van der Waals surface area contributed by atoms with Crippen LogP contribution >= 0.6 is 11.6 Å². The third-order valence-electron chi connectivity index (χ3n) is 3.38. The summed E-state index contributed by atoms with van der Waals surface area (Å²) in [4.78, 5) is 25.0. The molecule has 1 aromatic carbocycles. The lowest BCUT2D eigenvalue weighted by atomic mass is 10.1. The van der Waals surface area contributed by atoms with Crippen molar-refractivity contribution in [3.63, 3.8) is 0 Å². The standard InChI is InChI=1S/C14H16ClNO3/c1-19-14(18)8-11-6-7-13(17)16(11)9-10-4-2-3-5-12(10)15/h2-5,11H,6-9H2,1H3/t11-/m0/s1. The highest BCUT2D eigenvalue weighted by atomic mass is 35.5. The van der Waals surface area contributed by atoms with Crippen LogP contribution in [0.3, 0.4) is 0 Å². The number of rotatable bonds is 4. The molecule has 1 atom stereocenters. The fourth-order valence-corrected chi connectivity index (χ4v) is 2.50. The number of hydrogen-bond acceptors (Lipinski definition) is 3. The van der Waals surface area contributed by atoms with E-state index in [2.05, 4.69) is 4.74 Å². The summed E-state index contributed by atoms with van der Waals surface area (Å²) in [6.45, 7) is 0.445. The summed E-state index contributed by atoms with van der Waals surface area (Å²) in [7, 11) is 1.36. The Kier molecular flexibility index (Phi) is 4.43. The number of carbonyl (C=O) groups excluding carboxylic acids is 2. The Morgan fingerprint density at radius 2 is 2.21 bits per heavy atom. The average Bonchev–Trinajstić information content (AvgIpc) is 2.74. The Balaban J connectivity index is 2.10. The van der Waals surface area contributed by atoms with Gasteiger partial charge in [-0.25, -0.2) is 0 Å². The molecule has 1 aliphatic rings.